The average Bonchev–Trinajstić information content (AvgIpc) is 3.34. The molecule has 0 spiro atoms. The fourth-order valence-electron chi connectivity index (χ4n) is 3.82. The Morgan fingerprint density at radius 2 is 1.63 bits per heavy atom. The SMILES string of the molecule is CCOC(=O)c1c(C[NH2+]c2ccc(OC)cc2)[nH]c(C(=O)NCc2ccccc2OC)c1CC.O=C([O-])C(F)(F)F. The Morgan fingerprint density at radius 1 is 1.00 bits per heavy atom. The second kappa shape index (κ2) is 15.3. The number of nitrogens with two attached hydrogens (primary N) is 1. The van der Waals surface area contributed by atoms with Crippen molar-refractivity contribution >= 4 is 23.5 Å². The van der Waals surface area contributed by atoms with Crippen LogP contribution < -0.4 is 25.2 Å². The first kappa shape index (κ1) is 32.7. The van der Waals surface area contributed by atoms with Gasteiger partial charge in [-0.25, -0.2) is 4.79 Å². The first-order valence-electron chi connectivity index (χ1n) is 12.5. The second-order valence-electron chi connectivity index (χ2n) is 8.37. The van der Waals surface area contributed by atoms with Gasteiger partial charge in [0.15, 0.2) is 0 Å². The molecule has 10 nitrogen and oxygen atoms in total. The van der Waals surface area contributed by atoms with E-state index in [1.165, 1.54) is 0 Å². The lowest BCUT2D eigenvalue weighted by molar-refractivity contribution is -0.589. The van der Waals surface area contributed by atoms with Gasteiger partial charge in [-0.2, -0.15) is 13.2 Å². The zero-order chi connectivity index (χ0) is 30.6. The minimum Gasteiger partial charge on any atom is -0.542 e. The van der Waals surface area contributed by atoms with Gasteiger partial charge in [0.1, 0.15) is 35.4 Å². The highest BCUT2D eigenvalue weighted by molar-refractivity contribution is 6.00. The predicted octanol–water partition coefficient (Wildman–Crippen LogP) is 2.39. The lowest BCUT2D eigenvalue weighted by Crippen LogP contribution is -2.76. The van der Waals surface area contributed by atoms with Crippen LogP contribution in [0.4, 0.5) is 18.9 Å². The zero-order valence-corrected chi connectivity index (χ0v) is 23.0. The number of para-hydroxylation sites is 1. The molecule has 4 N–H and O–H groups in total. The number of benzene rings is 2. The molecule has 222 valence electrons. The molecule has 0 aliphatic heterocycles. The number of carboxylic acids is 1. The molecule has 3 rings (SSSR count). The zero-order valence-electron chi connectivity index (χ0n) is 23.0. The summed E-state index contributed by atoms with van der Waals surface area (Å²) in [5.41, 5.74) is 3.94. The van der Waals surface area contributed by atoms with Crippen LogP contribution in [0.2, 0.25) is 0 Å². The van der Waals surface area contributed by atoms with Gasteiger partial charge in [-0.15, -0.1) is 0 Å². The molecule has 1 aromatic heterocycles. The summed E-state index contributed by atoms with van der Waals surface area (Å²) in [5, 5.41) is 13.7. The normalized spacial score (nSPS) is 10.7. The third-order valence-electron chi connectivity index (χ3n) is 5.76. The number of nitrogens with one attached hydrogen (secondary N) is 2. The van der Waals surface area contributed by atoms with Gasteiger partial charge in [0.25, 0.3) is 5.91 Å². The highest BCUT2D eigenvalue weighted by Gasteiger charge is 2.29. The third kappa shape index (κ3) is 9.28. The molecule has 0 saturated heterocycles. The molecule has 0 bridgehead atoms. The van der Waals surface area contributed by atoms with Gasteiger partial charge in [0.05, 0.1) is 32.1 Å². The molecule has 3 aromatic rings. The Kier molecular flexibility index (Phi) is 12.2. The van der Waals surface area contributed by atoms with E-state index in [1.54, 1.807) is 21.1 Å². The monoisotopic (exact) mass is 579 g/mol. The van der Waals surface area contributed by atoms with Crippen LogP contribution in [0.15, 0.2) is 48.5 Å². The molecule has 1 amide bonds. The highest BCUT2D eigenvalue weighted by Crippen LogP contribution is 2.23. The summed E-state index contributed by atoms with van der Waals surface area (Å²) in [6, 6.07) is 15.1. The van der Waals surface area contributed by atoms with Gasteiger partial charge in [-0.3, -0.25) is 4.79 Å². The molecule has 0 atom stereocenters. The number of amides is 1. The number of rotatable bonds is 11. The number of alkyl halides is 3. The molecular weight excluding hydrogens is 547 g/mol. The molecular formula is C28H32F3N3O7. The van der Waals surface area contributed by atoms with Crippen LogP contribution in [0, 0.1) is 0 Å². The van der Waals surface area contributed by atoms with Crippen LogP contribution >= 0.6 is 0 Å². The number of methoxy groups -OCH3 is 2. The molecule has 0 fully saturated rings. The van der Waals surface area contributed by atoms with Gasteiger partial charge < -0.3 is 39.7 Å². The molecule has 0 aliphatic carbocycles. The van der Waals surface area contributed by atoms with Crippen LogP contribution in [0.5, 0.6) is 11.5 Å². The summed E-state index contributed by atoms with van der Waals surface area (Å²) >= 11 is 0. The van der Waals surface area contributed by atoms with Crippen molar-refractivity contribution in [2.24, 2.45) is 0 Å². The number of H-pyrrole nitrogens is 1. The maximum absolute atomic E-state index is 13.1. The van der Waals surface area contributed by atoms with Gasteiger partial charge in [-0.05, 0) is 37.1 Å². The number of esters is 1. The Bertz CT molecular complexity index is 1320. The van der Waals surface area contributed by atoms with Crippen molar-refractivity contribution in [3.05, 3.63) is 76.6 Å². The minimum atomic E-state index is -5.19. The Balaban J connectivity index is 0.000000745. The van der Waals surface area contributed by atoms with Crippen molar-refractivity contribution in [1.82, 2.24) is 10.3 Å². The van der Waals surface area contributed by atoms with Crippen LogP contribution in [0.1, 0.15) is 51.5 Å². The van der Waals surface area contributed by atoms with E-state index in [-0.39, 0.29) is 12.5 Å². The maximum atomic E-state index is 13.1. The Hall–Kier alpha value is -4.52. The summed E-state index contributed by atoms with van der Waals surface area (Å²) < 4.78 is 47.4. The Labute approximate surface area is 234 Å². The van der Waals surface area contributed by atoms with Crippen molar-refractivity contribution in [2.45, 2.75) is 39.5 Å². The number of carboxylic acid groups (broad SMARTS) is 1. The summed E-state index contributed by atoms with van der Waals surface area (Å²) in [6.07, 6.45) is -4.69. The number of hydrogen-bond donors (Lipinski definition) is 3. The molecule has 0 unspecified atom stereocenters. The van der Waals surface area contributed by atoms with E-state index in [2.05, 4.69) is 10.3 Å². The van der Waals surface area contributed by atoms with Crippen molar-refractivity contribution in [3.63, 3.8) is 0 Å². The van der Waals surface area contributed by atoms with Crippen LogP contribution in [0.25, 0.3) is 0 Å². The first-order valence-corrected chi connectivity index (χ1v) is 12.5. The summed E-state index contributed by atoms with van der Waals surface area (Å²) in [5.74, 6) is -2.26. The molecule has 0 aliphatic rings. The third-order valence-corrected chi connectivity index (χ3v) is 5.76. The fourth-order valence-corrected chi connectivity index (χ4v) is 3.82. The molecule has 2 aromatic carbocycles. The van der Waals surface area contributed by atoms with E-state index in [1.807, 2.05) is 60.8 Å². The van der Waals surface area contributed by atoms with Gasteiger partial charge in [0, 0.05) is 24.2 Å². The minimum absolute atomic E-state index is 0.254. The van der Waals surface area contributed by atoms with Crippen LogP contribution in [-0.4, -0.2) is 49.8 Å². The molecule has 0 saturated carbocycles. The topological polar surface area (TPSA) is 146 Å². The number of carbonyl (C=O) groups is 3. The summed E-state index contributed by atoms with van der Waals surface area (Å²) in [7, 11) is 3.22. The predicted molar refractivity (Wildman–Crippen MR) is 140 cm³/mol. The van der Waals surface area contributed by atoms with Crippen molar-refractivity contribution < 1.29 is 52.2 Å². The lowest BCUT2D eigenvalue weighted by Gasteiger charge is -2.10. The number of carbonyl (C=O) groups excluding carboxylic acids is 3. The molecule has 13 heteroatoms. The summed E-state index contributed by atoms with van der Waals surface area (Å²) in [6.45, 7) is 4.67. The Morgan fingerprint density at radius 3 is 2.17 bits per heavy atom. The van der Waals surface area contributed by atoms with E-state index in [4.69, 9.17) is 24.1 Å². The standard InChI is InChI=1S/C26H31N3O5.C2HF3O2/c1-5-20-23(26(31)34-6-2)21(16-27-18-11-13-19(32-3)14-12-18)29-24(20)25(30)28-15-17-9-7-8-10-22(17)33-4;3-2(4,5)1(6)7/h7-14,27,29H,5-6,15-16H2,1-4H3,(H,28,30);(H,6,7). The van der Waals surface area contributed by atoms with E-state index in [9.17, 15) is 22.8 Å². The molecule has 1 heterocycles. The van der Waals surface area contributed by atoms with Crippen molar-refractivity contribution in [3.8, 4) is 11.5 Å². The largest absolute Gasteiger partial charge is 0.542 e. The van der Waals surface area contributed by atoms with Gasteiger partial charge in [-0.1, -0.05) is 25.1 Å². The highest BCUT2D eigenvalue weighted by atomic mass is 19.4. The number of hydrogen-bond acceptors (Lipinski definition) is 7. The van der Waals surface area contributed by atoms with E-state index >= 15 is 0 Å². The molecule has 41 heavy (non-hydrogen) atoms. The van der Waals surface area contributed by atoms with Crippen LogP contribution in [0.3, 0.4) is 0 Å². The second-order valence-corrected chi connectivity index (χ2v) is 8.37. The average molecular weight is 580 g/mol. The number of halogens is 3. The van der Waals surface area contributed by atoms with E-state index in [0.717, 1.165) is 17.0 Å². The fraction of sp³-hybridized carbons (Fsp3) is 0.321. The van der Waals surface area contributed by atoms with Crippen molar-refractivity contribution in [1.29, 1.82) is 0 Å². The van der Waals surface area contributed by atoms with Crippen LogP contribution in [-0.2, 0) is 29.0 Å². The van der Waals surface area contributed by atoms with Gasteiger partial charge >= 0.3 is 12.1 Å². The number of aromatic amines is 1. The smallest absolute Gasteiger partial charge is 0.430 e. The first-order chi connectivity index (χ1) is 19.5. The number of aromatic nitrogens is 1. The van der Waals surface area contributed by atoms with Gasteiger partial charge in [0.2, 0.25) is 0 Å². The maximum Gasteiger partial charge on any atom is 0.430 e. The number of ether oxygens (including phenoxy) is 3. The quantitative estimate of drug-likeness (QED) is 0.234. The molecule has 0 radical (unpaired) electrons. The van der Waals surface area contributed by atoms with E-state index < -0.39 is 18.1 Å². The lowest BCUT2D eigenvalue weighted by atomic mass is 10.1. The van der Waals surface area contributed by atoms with E-state index in [0.29, 0.717) is 47.8 Å². The van der Waals surface area contributed by atoms with Crippen molar-refractivity contribution in [2.75, 3.05) is 20.8 Å². The number of aliphatic carboxylic acids is 1. The number of quaternary nitrogens is 1. The summed E-state index contributed by atoms with van der Waals surface area (Å²) in [4.78, 5) is 37.9.